The zero-order chi connectivity index (χ0) is 28.3. The van der Waals surface area contributed by atoms with E-state index in [4.69, 9.17) is 4.74 Å². The Balaban J connectivity index is 1.89. The van der Waals surface area contributed by atoms with E-state index in [9.17, 15) is 27.6 Å². The highest BCUT2D eigenvalue weighted by molar-refractivity contribution is 7.99. The first-order chi connectivity index (χ1) is 17.7. The second-order valence-corrected chi connectivity index (χ2v) is 11.3. The van der Waals surface area contributed by atoms with Crippen LogP contribution in [0.15, 0.2) is 53.4 Å². The predicted molar refractivity (Wildman–Crippen MR) is 140 cm³/mol. The Morgan fingerprint density at radius 3 is 2.34 bits per heavy atom. The number of anilines is 1. The zero-order valence-electron chi connectivity index (χ0n) is 21.9. The lowest BCUT2D eigenvalue weighted by atomic mass is 9.99. The highest BCUT2D eigenvalue weighted by Crippen LogP contribution is 2.35. The van der Waals surface area contributed by atoms with Crippen LogP contribution in [0.5, 0.6) is 0 Å². The summed E-state index contributed by atoms with van der Waals surface area (Å²) < 4.78 is 46.2. The molecule has 0 aromatic heterocycles. The topological polar surface area (TPSA) is 87.7 Å². The number of nitrogens with one attached hydrogen (secondary N) is 2. The summed E-state index contributed by atoms with van der Waals surface area (Å²) in [5.41, 5.74) is -1.26. The summed E-state index contributed by atoms with van der Waals surface area (Å²) in [4.78, 5) is 41.9. The molecule has 1 heterocycles. The van der Waals surface area contributed by atoms with Gasteiger partial charge in [0, 0.05) is 23.1 Å². The number of para-hydroxylation sites is 1. The lowest BCUT2D eigenvalue weighted by Crippen LogP contribution is -2.56. The van der Waals surface area contributed by atoms with Gasteiger partial charge in [0.2, 0.25) is 5.91 Å². The molecule has 0 spiro atoms. The largest absolute Gasteiger partial charge is 0.444 e. The minimum absolute atomic E-state index is 0.172. The van der Waals surface area contributed by atoms with Gasteiger partial charge in [-0.2, -0.15) is 13.2 Å². The van der Waals surface area contributed by atoms with Crippen molar-refractivity contribution < 1.29 is 32.3 Å². The lowest BCUT2D eigenvalue weighted by Gasteiger charge is -2.30. The Morgan fingerprint density at radius 1 is 1.08 bits per heavy atom. The number of hydrogen-bond acceptors (Lipinski definition) is 5. The molecular weight excluding hydrogens is 519 g/mol. The minimum atomic E-state index is -4.65. The van der Waals surface area contributed by atoms with Gasteiger partial charge in [0.05, 0.1) is 11.3 Å². The van der Waals surface area contributed by atoms with Crippen LogP contribution in [0.2, 0.25) is 0 Å². The zero-order valence-corrected chi connectivity index (χ0v) is 22.7. The molecule has 0 bridgehead atoms. The second kappa shape index (κ2) is 11.7. The van der Waals surface area contributed by atoms with E-state index in [0.717, 1.165) is 16.6 Å². The van der Waals surface area contributed by atoms with Crippen LogP contribution in [0, 0.1) is 0 Å². The number of fused-ring (bicyclic) bond motifs is 1. The molecule has 38 heavy (non-hydrogen) atoms. The second-order valence-electron chi connectivity index (χ2n) is 10.2. The van der Waals surface area contributed by atoms with Crippen molar-refractivity contribution >= 4 is 35.4 Å². The third-order valence-electron chi connectivity index (χ3n) is 5.65. The summed E-state index contributed by atoms with van der Waals surface area (Å²) in [6.45, 7) is 8.58. The maximum atomic E-state index is 13.6. The van der Waals surface area contributed by atoms with Gasteiger partial charge in [-0.1, -0.05) is 30.3 Å². The number of alkyl carbamates (subject to hydrolysis) is 1. The maximum absolute atomic E-state index is 13.6. The molecular formula is C27H32F3N3O4S. The Bertz CT molecular complexity index is 1180. The lowest BCUT2D eigenvalue weighted by molar-refractivity contribution is -0.138. The van der Waals surface area contributed by atoms with Crippen LogP contribution >= 0.6 is 11.8 Å². The van der Waals surface area contributed by atoms with Gasteiger partial charge >= 0.3 is 12.3 Å². The van der Waals surface area contributed by atoms with E-state index in [-0.39, 0.29) is 23.3 Å². The molecule has 2 atom stereocenters. The predicted octanol–water partition coefficient (Wildman–Crippen LogP) is 5.17. The smallest absolute Gasteiger partial charge is 0.416 e. The number of hydrogen-bond donors (Lipinski definition) is 2. The molecule has 0 saturated heterocycles. The first kappa shape index (κ1) is 29.3. The molecule has 1 aliphatic rings. The van der Waals surface area contributed by atoms with E-state index in [1.165, 1.54) is 30.0 Å². The van der Waals surface area contributed by atoms with Crippen molar-refractivity contribution in [1.29, 1.82) is 0 Å². The molecule has 1 aliphatic heterocycles. The van der Waals surface area contributed by atoms with E-state index in [1.54, 1.807) is 25.7 Å². The molecule has 206 valence electrons. The SMILES string of the molecule is CC(C)N1C(=O)[C@@H](NC(=O)[C@@H](Cc2ccccc2C(F)(F)F)NC(=O)OC(C)(C)C)CSc2ccccc21. The number of carbonyl (C=O) groups excluding carboxylic acids is 3. The fraction of sp³-hybridized carbons (Fsp3) is 0.444. The summed E-state index contributed by atoms with van der Waals surface area (Å²) >= 11 is 1.39. The average molecular weight is 552 g/mol. The van der Waals surface area contributed by atoms with Crippen LogP contribution in [0.25, 0.3) is 0 Å². The molecule has 0 saturated carbocycles. The Labute approximate surface area is 224 Å². The summed E-state index contributed by atoms with van der Waals surface area (Å²) in [5, 5.41) is 5.07. The van der Waals surface area contributed by atoms with Crippen molar-refractivity contribution in [3.8, 4) is 0 Å². The number of carbonyl (C=O) groups is 3. The van der Waals surface area contributed by atoms with Crippen molar-refractivity contribution in [2.75, 3.05) is 10.7 Å². The van der Waals surface area contributed by atoms with Crippen molar-refractivity contribution in [2.24, 2.45) is 0 Å². The van der Waals surface area contributed by atoms with Crippen LogP contribution in [0.1, 0.15) is 45.7 Å². The quantitative estimate of drug-likeness (QED) is 0.517. The molecule has 2 aromatic carbocycles. The summed E-state index contributed by atoms with van der Waals surface area (Å²) in [6.07, 6.45) is -6.07. The molecule has 3 amide bonds. The summed E-state index contributed by atoms with van der Waals surface area (Å²) in [5.74, 6) is -0.928. The highest BCUT2D eigenvalue weighted by atomic mass is 32.2. The molecule has 7 nitrogen and oxygen atoms in total. The normalized spacial score (nSPS) is 16.9. The Kier molecular flexibility index (Phi) is 9.01. The van der Waals surface area contributed by atoms with Gasteiger partial charge in [0.1, 0.15) is 17.7 Å². The monoisotopic (exact) mass is 551 g/mol. The molecule has 11 heteroatoms. The fourth-order valence-corrected chi connectivity index (χ4v) is 5.13. The number of ether oxygens (including phenoxy) is 1. The third kappa shape index (κ3) is 7.43. The number of thioether (sulfide) groups is 1. The fourth-order valence-electron chi connectivity index (χ4n) is 4.07. The van der Waals surface area contributed by atoms with Crippen LogP contribution in [0.4, 0.5) is 23.7 Å². The van der Waals surface area contributed by atoms with Crippen LogP contribution in [0.3, 0.4) is 0 Å². The maximum Gasteiger partial charge on any atom is 0.416 e. The number of rotatable bonds is 6. The molecule has 3 rings (SSSR count). The van der Waals surface area contributed by atoms with Gasteiger partial charge in [0.15, 0.2) is 0 Å². The molecule has 0 unspecified atom stereocenters. The average Bonchev–Trinajstić information content (AvgIpc) is 2.93. The summed E-state index contributed by atoms with van der Waals surface area (Å²) in [6, 6.07) is 9.62. The van der Waals surface area contributed by atoms with Gasteiger partial charge in [-0.25, -0.2) is 4.79 Å². The van der Waals surface area contributed by atoms with Crippen molar-refractivity contribution in [3.63, 3.8) is 0 Å². The number of benzene rings is 2. The number of alkyl halides is 3. The van der Waals surface area contributed by atoms with E-state index in [0.29, 0.717) is 0 Å². The van der Waals surface area contributed by atoms with Gasteiger partial charge in [0.25, 0.3) is 5.91 Å². The Morgan fingerprint density at radius 2 is 1.71 bits per heavy atom. The van der Waals surface area contributed by atoms with Crippen LogP contribution in [-0.2, 0) is 26.9 Å². The third-order valence-corrected chi connectivity index (χ3v) is 6.81. The first-order valence-electron chi connectivity index (χ1n) is 12.2. The minimum Gasteiger partial charge on any atom is -0.444 e. The molecule has 2 aromatic rings. The first-order valence-corrected chi connectivity index (χ1v) is 13.2. The van der Waals surface area contributed by atoms with E-state index in [2.05, 4.69) is 10.6 Å². The number of nitrogens with zero attached hydrogens (tertiary/aromatic N) is 1. The van der Waals surface area contributed by atoms with E-state index >= 15 is 0 Å². The molecule has 0 radical (unpaired) electrons. The Hall–Kier alpha value is -3.21. The molecule has 0 fully saturated rings. The van der Waals surface area contributed by atoms with E-state index < -0.39 is 47.8 Å². The van der Waals surface area contributed by atoms with Gasteiger partial charge in [-0.15, -0.1) is 11.8 Å². The van der Waals surface area contributed by atoms with Crippen LogP contribution < -0.4 is 15.5 Å². The van der Waals surface area contributed by atoms with Crippen molar-refractivity contribution in [3.05, 3.63) is 59.7 Å². The highest BCUT2D eigenvalue weighted by Gasteiger charge is 2.37. The number of amides is 3. The molecule has 2 N–H and O–H groups in total. The van der Waals surface area contributed by atoms with Gasteiger partial charge < -0.3 is 20.3 Å². The van der Waals surface area contributed by atoms with Crippen LogP contribution in [-0.4, -0.2) is 47.4 Å². The molecule has 0 aliphatic carbocycles. The van der Waals surface area contributed by atoms with Gasteiger partial charge in [-0.05, 0) is 58.4 Å². The van der Waals surface area contributed by atoms with E-state index in [1.807, 2.05) is 38.1 Å². The van der Waals surface area contributed by atoms with Crippen molar-refractivity contribution in [2.45, 2.75) is 75.8 Å². The number of halogens is 3. The summed E-state index contributed by atoms with van der Waals surface area (Å²) in [7, 11) is 0. The standard InChI is InChI=1S/C27H32F3N3O4S/c1-16(2)33-21-12-8-9-13-22(21)38-15-20(24(33)35)31-23(34)19(32-25(36)37-26(3,4)5)14-17-10-6-7-11-18(17)27(28,29)30/h6-13,16,19-20H,14-15H2,1-5H3,(H,31,34)(H,32,36)/t19-,20+/m1/s1. The van der Waals surface area contributed by atoms with Gasteiger partial charge in [-0.3, -0.25) is 9.59 Å². The van der Waals surface area contributed by atoms with Crippen molar-refractivity contribution in [1.82, 2.24) is 10.6 Å².